The maximum absolute atomic E-state index is 12.3. The fourth-order valence-electron chi connectivity index (χ4n) is 3.62. The molecule has 5 nitrogen and oxygen atoms in total. The number of hydrogen-bond donors (Lipinski definition) is 0. The van der Waals surface area contributed by atoms with Gasteiger partial charge >= 0.3 is 11.9 Å². The molecule has 34 heavy (non-hydrogen) atoms. The zero-order chi connectivity index (χ0) is 24.3. The van der Waals surface area contributed by atoms with E-state index >= 15 is 0 Å². The number of ketones is 1. The van der Waals surface area contributed by atoms with E-state index in [1.807, 2.05) is 42.5 Å². The van der Waals surface area contributed by atoms with Crippen molar-refractivity contribution in [1.29, 1.82) is 0 Å². The van der Waals surface area contributed by atoms with Crippen LogP contribution in [0.25, 0.3) is 11.1 Å². The van der Waals surface area contributed by atoms with Crippen molar-refractivity contribution in [2.45, 2.75) is 39.7 Å². The van der Waals surface area contributed by atoms with Gasteiger partial charge in [0.2, 0.25) is 0 Å². The molecule has 3 aromatic carbocycles. The van der Waals surface area contributed by atoms with Crippen molar-refractivity contribution in [1.82, 2.24) is 0 Å². The first-order valence-electron chi connectivity index (χ1n) is 11.5. The first kappa shape index (κ1) is 24.9. The molecule has 176 valence electrons. The summed E-state index contributed by atoms with van der Waals surface area (Å²) in [6.45, 7) is 3.19. The minimum Gasteiger partial charge on any atom is -0.466 e. The van der Waals surface area contributed by atoms with Gasteiger partial charge in [0.05, 0.1) is 13.0 Å². The molecule has 0 radical (unpaired) electrons. The number of esters is 2. The Balaban J connectivity index is 1.48. The van der Waals surface area contributed by atoms with E-state index < -0.39 is 23.6 Å². The molecule has 0 aliphatic rings. The Kier molecular flexibility index (Phi) is 9.15. The van der Waals surface area contributed by atoms with Gasteiger partial charge < -0.3 is 9.47 Å². The van der Waals surface area contributed by atoms with Gasteiger partial charge in [-0.1, -0.05) is 78.9 Å². The average Bonchev–Trinajstić information content (AvgIpc) is 2.86. The summed E-state index contributed by atoms with van der Waals surface area (Å²) in [4.78, 5) is 35.7. The zero-order valence-corrected chi connectivity index (χ0v) is 19.7. The number of hydrogen-bond acceptors (Lipinski definition) is 5. The van der Waals surface area contributed by atoms with E-state index in [1.54, 1.807) is 6.92 Å². The largest absolute Gasteiger partial charge is 0.466 e. The van der Waals surface area contributed by atoms with Crippen molar-refractivity contribution in [3.63, 3.8) is 0 Å². The lowest BCUT2D eigenvalue weighted by molar-refractivity contribution is -0.158. The highest BCUT2D eigenvalue weighted by Crippen LogP contribution is 2.20. The van der Waals surface area contributed by atoms with Crippen LogP contribution < -0.4 is 0 Å². The minimum absolute atomic E-state index is 0.0483. The molecule has 5 heteroatoms. The van der Waals surface area contributed by atoms with Crippen LogP contribution in [0.5, 0.6) is 0 Å². The lowest BCUT2D eigenvalue weighted by Crippen LogP contribution is -2.27. The average molecular weight is 459 g/mol. The SMILES string of the molecule is CCOC(=O)CC(C(C)=O)C(=O)OCc1ccc(CCc2ccc(-c3ccccc3)cc2)cc1. The van der Waals surface area contributed by atoms with E-state index in [0.29, 0.717) is 0 Å². The van der Waals surface area contributed by atoms with Crippen molar-refractivity contribution in [2.24, 2.45) is 5.92 Å². The molecular weight excluding hydrogens is 428 g/mol. The highest BCUT2D eigenvalue weighted by molar-refractivity contribution is 6.00. The molecule has 3 aromatic rings. The summed E-state index contributed by atoms with van der Waals surface area (Å²) in [5.74, 6) is -2.83. The van der Waals surface area contributed by atoms with Gasteiger partial charge in [-0.05, 0) is 54.5 Å². The van der Waals surface area contributed by atoms with E-state index in [2.05, 4.69) is 36.4 Å². The number of benzene rings is 3. The molecule has 0 saturated heterocycles. The van der Waals surface area contributed by atoms with E-state index in [1.165, 1.54) is 29.2 Å². The normalized spacial score (nSPS) is 11.5. The molecule has 0 heterocycles. The van der Waals surface area contributed by atoms with Crippen LogP contribution in [-0.4, -0.2) is 24.3 Å². The third-order valence-corrected chi connectivity index (χ3v) is 5.62. The van der Waals surface area contributed by atoms with Crippen LogP contribution in [-0.2, 0) is 43.3 Å². The van der Waals surface area contributed by atoms with Gasteiger partial charge in [-0.25, -0.2) is 0 Å². The second-order valence-corrected chi connectivity index (χ2v) is 8.16. The molecule has 1 unspecified atom stereocenters. The maximum atomic E-state index is 12.3. The Hall–Kier alpha value is -3.73. The van der Waals surface area contributed by atoms with Gasteiger partial charge in [-0.15, -0.1) is 0 Å². The summed E-state index contributed by atoms with van der Waals surface area (Å²) in [6.07, 6.45) is 1.53. The predicted molar refractivity (Wildman–Crippen MR) is 131 cm³/mol. The molecular formula is C29H30O5. The quantitative estimate of drug-likeness (QED) is 0.287. The fraction of sp³-hybridized carbons (Fsp3) is 0.276. The third-order valence-electron chi connectivity index (χ3n) is 5.62. The number of Topliss-reactive ketones (excluding diaryl/α,β-unsaturated/α-hetero) is 1. The molecule has 0 saturated carbocycles. The summed E-state index contributed by atoms with van der Waals surface area (Å²) >= 11 is 0. The number of carbonyl (C=O) groups excluding carboxylic acids is 3. The topological polar surface area (TPSA) is 69.7 Å². The van der Waals surface area contributed by atoms with E-state index in [4.69, 9.17) is 9.47 Å². The monoisotopic (exact) mass is 458 g/mol. The Morgan fingerprint density at radius 1 is 0.706 bits per heavy atom. The summed E-state index contributed by atoms with van der Waals surface area (Å²) in [6, 6.07) is 26.8. The Bertz CT molecular complexity index is 1090. The highest BCUT2D eigenvalue weighted by Gasteiger charge is 2.28. The van der Waals surface area contributed by atoms with Gasteiger partial charge in [0.1, 0.15) is 18.3 Å². The summed E-state index contributed by atoms with van der Waals surface area (Å²) < 4.78 is 10.1. The fourth-order valence-corrected chi connectivity index (χ4v) is 3.62. The van der Waals surface area contributed by atoms with Crippen LogP contribution in [0, 0.1) is 5.92 Å². The summed E-state index contributed by atoms with van der Waals surface area (Å²) in [5, 5.41) is 0. The van der Waals surface area contributed by atoms with Crippen molar-refractivity contribution < 1.29 is 23.9 Å². The zero-order valence-electron chi connectivity index (χ0n) is 19.7. The number of carbonyl (C=O) groups is 3. The number of rotatable bonds is 11. The molecule has 0 bridgehead atoms. The maximum Gasteiger partial charge on any atom is 0.317 e. The standard InChI is InChI=1S/C29H30O5/c1-3-33-28(31)19-27(21(2)30)29(32)34-20-24-13-11-22(12-14-24)9-10-23-15-17-26(18-16-23)25-7-5-4-6-8-25/h4-8,11-18,27H,3,9-10,19-20H2,1-2H3. The van der Waals surface area contributed by atoms with Crippen LogP contribution in [0.2, 0.25) is 0 Å². The van der Waals surface area contributed by atoms with Crippen LogP contribution >= 0.6 is 0 Å². The smallest absolute Gasteiger partial charge is 0.317 e. The minimum atomic E-state index is -1.13. The third kappa shape index (κ3) is 7.41. The van der Waals surface area contributed by atoms with E-state index in [9.17, 15) is 14.4 Å². The molecule has 0 N–H and O–H groups in total. The second kappa shape index (κ2) is 12.5. The van der Waals surface area contributed by atoms with Gasteiger partial charge in [0, 0.05) is 0 Å². The number of ether oxygens (including phenoxy) is 2. The van der Waals surface area contributed by atoms with Crippen molar-refractivity contribution >= 4 is 17.7 Å². The van der Waals surface area contributed by atoms with Crippen molar-refractivity contribution in [3.05, 3.63) is 95.6 Å². The predicted octanol–water partition coefficient (Wildman–Crippen LogP) is 5.34. The molecule has 0 amide bonds. The lowest BCUT2D eigenvalue weighted by Gasteiger charge is -2.13. The summed E-state index contributed by atoms with van der Waals surface area (Å²) in [5.41, 5.74) is 5.70. The lowest BCUT2D eigenvalue weighted by atomic mass is 10.00. The first-order valence-corrected chi connectivity index (χ1v) is 11.5. The van der Waals surface area contributed by atoms with Crippen LogP contribution in [0.3, 0.4) is 0 Å². The molecule has 0 aromatic heterocycles. The van der Waals surface area contributed by atoms with Crippen LogP contribution in [0.15, 0.2) is 78.9 Å². The molecule has 0 spiro atoms. The van der Waals surface area contributed by atoms with Gasteiger partial charge in [0.25, 0.3) is 0 Å². The first-order chi connectivity index (χ1) is 16.5. The van der Waals surface area contributed by atoms with Gasteiger partial charge in [-0.2, -0.15) is 0 Å². The van der Waals surface area contributed by atoms with E-state index in [0.717, 1.165) is 18.4 Å². The Morgan fingerprint density at radius 3 is 1.79 bits per heavy atom. The summed E-state index contributed by atoms with van der Waals surface area (Å²) in [7, 11) is 0. The van der Waals surface area contributed by atoms with Crippen LogP contribution in [0.1, 0.15) is 37.0 Å². The van der Waals surface area contributed by atoms with Crippen molar-refractivity contribution in [3.8, 4) is 11.1 Å². The van der Waals surface area contributed by atoms with E-state index in [-0.39, 0.29) is 19.6 Å². The Morgan fingerprint density at radius 2 is 1.24 bits per heavy atom. The second-order valence-electron chi connectivity index (χ2n) is 8.16. The molecule has 0 aliphatic carbocycles. The Labute approximate surface area is 200 Å². The molecule has 0 fully saturated rings. The highest BCUT2D eigenvalue weighted by atomic mass is 16.5. The van der Waals surface area contributed by atoms with Crippen molar-refractivity contribution in [2.75, 3.05) is 6.61 Å². The molecule has 1 atom stereocenters. The molecule has 3 rings (SSSR count). The van der Waals surface area contributed by atoms with Crippen LogP contribution in [0.4, 0.5) is 0 Å². The van der Waals surface area contributed by atoms with Gasteiger partial charge in [0.15, 0.2) is 0 Å². The molecule has 0 aliphatic heterocycles. The van der Waals surface area contributed by atoms with Gasteiger partial charge in [-0.3, -0.25) is 14.4 Å². The number of aryl methyl sites for hydroxylation is 2.